The van der Waals surface area contributed by atoms with E-state index in [-0.39, 0.29) is 11.2 Å². The molecule has 1 aromatic carbocycles. The monoisotopic (exact) mass is 275 g/mol. The Morgan fingerprint density at radius 1 is 1.35 bits per heavy atom. The van der Waals surface area contributed by atoms with Crippen LogP contribution in [0.1, 0.15) is 38.2 Å². The topological polar surface area (TPSA) is 36.4 Å². The molecular weight excluding hydrogens is 253 g/mol. The van der Waals surface area contributed by atoms with Crippen molar-refractivity contribution < 1.29 is 4.39 Å². The summed E-state index contributed by atoms with van der Waals surface area (Å²) >= 11 is 0. The lowest BCUT2D eigenvalue weighted by Gasteiger charge is -2.16. The van der Waals surface area contributed by atoms with Gasteiger partial charge in [-0.25, -0.2) is 4.39 Å². The van der Waals surface area contributed by atoms with Crippen LogP contribution in [-0.4, -0.2) is 25.1 Å². The molecule has 2 saturated carbocycles. The quantitative estimate of drug-likeness (QED) is 0.640. The van der Waals surface area contributed by atoms with Crippen LogP contribution in [0.4, 0.5) is 4.39 Å². The maximum atomic E-state index is 13.9. The summed E-state index contributed by atoms with van der Waals surface area (Å²) in [5.41, 5.74) is 0.753. The standard InChI is InChI=1S/C16H22FN3/c1-2-18-15(20-12-7-8-12)19-11-16(9-10-16)13-5-3-4-6-14(13)17/h3-6,12H,2,7-11H2,1H3,(H2,18,19,20). The van der Waals surface area contributed by atoms with Gasteiger partial charge in [-0.1, -0.05) is 18.2 Å². The lowest BCUT2D eigenvalue weighted by molar-refractivity contribution is 0.572. The number of aliphatic imine (C=N–C) groups is 1. The fraction of sp³-hybridized carbons (Fsp3) is 0.562. The molecule has 0 amide bonds. The van der Waals surface area contributed by atoms with E-state index in [2.05, 4.69) is 22.5 Å². The zero-order valence-electron chi connectivity index (χ0n) is 12.0. The fourth-order valence-electron chi connectivity index (χ4n) is 2.53. The zero-order valence-corrected chi connectivity index (χ0v) is 12.0. The minimum atomic E-state index is -0.0969. The van der Waals surface area contributed by atoms with Crippen molar-refractivity contribution in [1.29, 1.82) is 0 Å². The van der Waals surface area contributed by atoms with Crippen LogP contribution in [0.5, 0.6) is 0 Å². The van der Waals surface area contributed by atoms with Gasteiger partial charge in [0.25, 0.3) is 0 Å². The van der Waals surface area contributed by atoms with E-state index in [0.29, 0.717) is 12.6 Å². The van der Waals surface area contributed by atoms with E-state index in [0.717, 1.165) is 30.9 Å². The molecule has 4 heteroatoms. The van der Waals surface area contributed by atoms with Crippen molar-refractivity contribution >= 4 is 5.96 Å². The second-order valence-corrected chi connectivity index (χ2v) is 5.87. The van der Waals surface area contributed by atoms with E-state index in [9.17, 15) is 4.39 Å². The summed E-state index contributed by atoms with van der Waals surface area (Å²) in [7, 11) is 0. The van der Waals surface area contributed by atoms with Gasteiger partial charge in [0.2, 0.25) is 0 Å². The predicted octanol–water partition coefficient (Wildman–Crippen LogP) is 2.57. The van der Waals surface area contributed by atoms with Crippen LogP contribution < -0.4 is 10.6 Å². The van der Waals surface area contributed by atoms with Gasteiger partial charge in [0.05, 0.1) is 6.54 Å². The highest BCUT2D eigenvalue weighted by atomic mass is 19.1. The van der Waals surface area contributed by atoms with E-state index >= 15 is 0 Å². The molecule has 0 radical (unpaired) electrons. The summed E-state index contributed by atoms with van der Waals surface area (Å²) in [6.07, 6.45) is 4.51. The van der Waals surface area contributed by atoms with E-state index < -0.39 is 0 Å². The van der Waals surface area contributed by atoms with E-state index in [1.165, 1.54) is 12.8 Å². The largest absolute Gasteiger partial charge is 0.357 e. The van der Waals surface area contributed by atoms with Crippen molar-refractivity contribution in [2.45, 2.75) is 44.1 Å². The van der Waals surface area contributed by atoms with E-state index in [1.54, 1.807) is 12.1 Å². The van der Waals surface area contributed by atoms with Crippen molar-refractivity contribution in [1.82, 2.24) is 10.6 Å². The van der Waals surface area contributed by atoms with Gasteiger partial charge < -0.3 is 10.6 Å². The van der Waals surface area contributed by atoms with Crippen LogP contribution >= 0.6 is 0 Å². The molecule has 0 spiro atoms. The highest BCUT2D eigenvalue weighted by Gasteiger charge is 2.45. The summed E-state index contributed by atoms with van der Waals surface area (Å²) in [6, 6.07) is 7.69. The zero-order chi connectivity index (χ0) is 14.0. The first-order valence-corrected chi connectivity index (χ1v) is 7.53. The number of benzene rings is 1. The Labute approximate surface area is 119 Å². The molecule has 20 heavy (non-hydrogen) atoms. The number of guanidine groups is 1. The van der Waals surface area contributed by atoms with E-state index in [1.807, 2.05) is 12.1 Å². The van der Waals surface area contributed by atoms with Crippen LogP contribution in [-0.2, 0) is 5.41 Å². The van der Waals surface area contributed by atoms with Gasteiger partial charge >= 0.3 is 0 Å². The first-order valence-electron chi connectivity index (χ1n) is 7.53. The van der Waals surface area contributed by atoms with Crippen LogP contribution in [0.2, 0.25) is 0 Å². The first-order chi connectivity index (χ1) is 9.73. The van der Waals surface area contributed by atoms with Crippen molar-refractivity contribution in [3.8, 4) is 0 Å². The van der Waals surface area contributed by atoms with Gasteiger partial charge in [0, 0.05) is 18.0 Å². The molecule has 1 aromatic rings. The summed E-state index contributed by atoms with van der Waals surface area (Å²) < 4.78 is 13.9. The number of hydrogen-bond acceptors (Lipinski definition) is 1. The van der Waals surface area contributed by atoms with Crippen molar-refractivity contribution in [3.63, 3.8) is 0 Å². The Kier molecular flexibility index (Phi) is 3.64. The van der Waals surface area contributed by atoms with Crippen molar-refractivity contribution in [2.24, 2.45) is 4.99 Å². The minimum absolute atomic E-state index is 0.0722. The maximum absolute atomic E-state index is 13.9. The molecule has 3 rings (SSSR count). The second kappa shape index (κ2) is 5.43. The minimum Gasteiger partial charge on any atom is -0.357 e. The van der Waals surface area contributed by atoms with Crippen molar-refractivity contribution in [2.75, 3.05) is 13.1 Å². The highest BCUT2D eigenvalue weighted by Crippen LogP contribution is 2.49. The van der Waals surface area contributed by atoms with Gasteiger partial charge in [-0.05, 0) is 44.2 Å². The molecule has 0 heterocycles. The summed E-state index contributed by atoms with van der Waals surface area (Å²) in [4.78, 5) is 4.67. The number of nitrogens with zero attached hydrogens (tertiary/aromatic N) is 1. The number of rotatable bonds is 5. The maximum Gasteiger partial charge on any atom is 0.191 e. The fourth-order valence-corrected chi connectivity index (χ4v) is 2.53. The molecule has 2 aliphatic carbocycles. The third kappa shape index (κ3) is 2.94. The van der Waals surface area contributed by atoms with Crippen LogP contribution in [0.25, 0.3) is 0 Å². The summed E-state index contributed by atoms with van der Waals surface area (Å²) in [5.74, 6) is 0.776. The first kappa shape index (κ1) is 13.4. The number of hydrogen-bond donors (Lipinski definition) is 2. The molecule has 3 nitrogen and oxygen atoms in total. The Bertz CT molecular complexity index is 504. The molecule has 2 aliphatic rings. The molecule has 2 N–H and O–H groups in total. The van der Waals surface area contributed by atoms with Crippen LogP contribution in [0.3, 0.4) is 0 Å². The normalized spacial score (nSPS) is 20.6. The van der Waals surface area contributed by atoms with E-state index in [4.69, 9.17) is 0 Å². The third-order valence-corrected chi connectivity index (χ3v) is 4.10. The Balaban J connectivity index is 1.70. The van der Waals surface area contributed by atoms with Gasteiger partial charge in [-0.15, -0.1) is 0 Å². The van der Waals surface area contributed by atoms with Gasteiger partial charge in [0.15, 0.2) is 5.96 Å². The molecule has 0 bridgehead atoms. The molecular formula is C16H22FN3. The number of nitrogens with one attached hydrogen (secondary N) is 2. The molecule has 0 aromatic heterocycles. The average Bonchev–Trinajstić information content (AvgIpc) is 3.33. The lowest BCUT2D eigenvalue weighted by Crippen LogP contribution is -2.39. The third-order valence-electron chi connectivity index (χ3n) is 4.10. The highest BCUT2D eigenvalue weighted by molar-refractivity contribution is 5.80. The van der Waals surface area contributed by atoms with Gasteiger partial charge in [0.1, 0.15) is 5.82 Å². The van der Waals surface area contributed by atoms with Gasteiger partial charge in [-0.2, -0.15) is 0 Å². The molecule has 108 valence electrons. The Morgan fingerprint density at radius 2 is 2.10 bits per heavy atom. The van der Waals surface area contributed by atoms with Gasteiger partial charge in [-0.3, -0.25) is 4.99 Å². The SMILES string of the molecule is CCNC(=NCC1(c2ccccc2F)CC1)NC1CC1. The van der Waals surface area contributed by atoms with Crippen molar-refractivity contribution in [3.05, 3.63) is 35.6 Å². The number of halogens is 1. The smallest absolute Gasteiger partial charge is 0.191 e. The Morgan fingerprint density at radius 3 is 2.70 bits per heavy atom. The molecule has 0 atom stereocenters. The predicted molar refractivity (Wildman–Crippen MR) is 79.4 cm³/mol. The molecule has 2 fully saturated rings. The molecule has 0 saturated heterocycles. The summed E-state index contributed by atoms with van der Waals surface area (Å²) in [6.45, 7) is 3.58. The summed E-state index contributed by atoms with van der Waals surface area (Å²) in [5, 5.41) is 6.67. The Hall–Kier alpha value is -1.58. The molecule has 0 aliphatic heterocycles. The van der Waals surface area contributed by atoms with Crippen LogP contribution in [0.15, 0.2) is 29.3 Å². The second-order valence-electron chi connectivity index (χ2n) is 5.87. The molecule has 0 unspecified atom stereocenters. The van der Waals surface area contributed by atoms with Crippen LogP contribution in [0, 0.1) is 5.82 Å². The lowest BCUT2D eigenvalue weighted by atomic mass is 9.95. The average molecular weight is 275 g/mol.